The minimum absolute atomic E-state index is 0.244. The van der Waals surface area contributed by atoms with Crippen LogP contribution < -0.4 is 4.74 Å². The number of aromatic nitrogens is 3. The molecular weight excluding hydrogens is 362 g/mol. The number of hydrogen-bond donors (Lipinski definition) is 1. The standard InChI is InChI=1S/C17H18ClN3O3S/c18-13-4-6-15(7-5-13)24-10-9-23-11-14(22)12-25-17-20-19-16-3-1-2-8-21(16)17/h1-8,14,22H,9-12H2/t14-/m0/s1. The van der Waals surface area contributed by atoms with Crippen LogP contribution in [0.4, 0.5) is 0 Å². The van der Waals surface area contributed by atoms with E-state index in [9.17, 15) is 5.11 Å². The molecule has 0 spiro atoms. The van der Waals surface area contributed by atoms with Gasteiger partial charge in [-0.15, -0.1) is 10.2 Å². The van der Waals surface area contributed by atoms with Crippen molar-refractivity contribution in [1.29, 1.82) is 0 Å². The largest absolute Gasteiger partial charge is 0.491 e. The first-order valence-corrected chi connectivity index (χ1v) is 9.15. The number of halogens is 1. The Balaban J connectivity index is 1.33. The van der Waals surface area contributed by atoms with Gasteiger partial charge in [-0.2, -0.15) is 0 Å². The Morgan fingerprint density at radius 2 is 1.96 bits per heavy atom. The number of pyridine rings is 1. The highest BCUT2D eigenvalue weighted by Crippen LogP contribution is 2.18. The number of nitrogens with zero attached hydrogens (tertiary/aromatic N) is 3. The molecule has 0 aliphatic carbocycles. The fraction of sp³-hybridized carbons (Fsp3) is 0.294. The van der Waals surface area contributed by atoms with Crippen molar-refractivity contribution in [3.63, 3.8) is 0 Å². The van der Waals surface area contributed by atoms with Crippen molar-refractivity contribution in [3.8, 4) is 5.75 Å². The third-order valence-corrected chi connectivity index (χ3v) is 4.65. The van der Waals surface area contributed by atoms with Crippen LogP contribution in [-0.2, 0) is 4.74 Å². The van der Waals surface area contributed by atoms with E-state index < -0.39 is 6.10 Å². The lowest BCUT2D eigenvalue weighted by Crippen LogP contribution is -2.20. The van der Waals surface area contributed by atoms with E-state index in [4.69, 9.17) is 21.1 Å². The maximum Gasteiger partial charge on any atom is 0.195 e. The number of thioether (sulfide) groups is 1. The molecule has 25 heavy (non-hydrogen) atoms. The van der Waals surface area contributed by atoms with Gasteiger partial charge in [-0.3, -0.25) is 4.40 Å². The van der Waals surface area contributed by atoms with Crippen LogP contribution in [-0.4, -0.2) is 51.4 Å². The van der Waals surface area contributed by atoms with Crippen molar-refractivity contribution in [3.05, 3.63) is 53.7 Å². The van der Waals surface area contributed by atoms with E-state index in [1.165, 1.54) is 11.8 Å². The van der Waals surface area contributed by atoms with Gasteiger partial charge in [0.1, 0.15) is 12.4 Å². The molecule has 0 aliphatic heterocycles. The van der Waals surface area contributed by atoms with Gasteiger partial charge in [0.15, 0.2) is 10.8 Å². The van der Waals surface area contributed by atoms with Crippen LogP contribution in [0.15, 0.2) is 53.8 Å². The predicted molar refractivity (Wildman–Crippen MR) is 97.5 cm³/mol. The number of hydrogen-bond acceptors (Lipinski definition) is 6. The van der Waals surface area contributed by atoms with Crippen molar-refractivity contribution in [2.75, 3.05) is 25.6 Å². The summed E-state index contributed by atoms with van der Waals surface area (Å²) in [5.41, 5.74) is 0.787. The quantitative estimate of drug-likeness (QED) is 0.455. The van der Waals surface area contributed by atoms with Gasteiger partial charge in [0, 0.05) is 17.0 Å². The summed E-state index contributed by atoms with van der Waals surface area (Å²) in [6, 6.07) is 12.9. The number of ether oxygens (including phenoxy) is 2. The number of rotatable bonds is 9. The maximum atomic E-state index is 10.0. The van der Waals surface area contributed by atoms with Gasteiger partial charge in [0.2, 0.25) is 0 Å². The Labute approximate surface area is 154 Å². The fourth-order valence-electron chi connectivity index (χ4n) is 2.11. The van der Waals surface area contributed by atoms with Crippen molar-refractivity contribution in [2.45, 2.75) is 11.3 Å². The highest BCUT2D eigenvalue weighted by Gasteiger charge is 2.10. The van der Waals surface area contributed by atoms with Gasteiger partial charge in [0.05, 0.1) is 19.3 Å². The summed E-state index contributed by atoms with van der Waals surface area (Å²) in [5, 5.41) is 19.6. The Kier molecular flexibility index (Phi) is 6.52. The topological polar surface area (TPSA) is 68.9 Å². The van der Waals surface area contributed by atoms with Gasteiger partial charge >= 0.3 is 0 Å². The van der Waals surface area contributed by atoms with Crippen LogP contribution in [0.1, 0.15) is 0 Å². The second-order valence-corrected chi connectivity index (χ2v) is 6.68. The third-order valence-electron chi connectivity index (χ3n) is 3.31. The van der Waals surface area contributed by atoms with E-state index in [0.717, 1.165) is 16.6 Å². The van der Waals surface area contributed by atoms with E-state index in [1.54, 1.807) is 24.3 Å². The average Bonchev–Trinajstić information content (AvgIpc) is 3.04. The molecule has 0 fully saturated rings. The van der Waals surface area contributed by atoms with Crippen molar-refractivity contribution >= 4 is 29.0 Å². The van der Waals surface area contributed by atoms with Crippen molar-refractivity contribution < 1.29 is 14.6 Å². The first kappa shape index (κ1) is 18.0. The van der Waals surface area contributed by atoms with Crippen molar-refractivity contribution in [1.82, 2.24) is 14.6 Å². The summed E-state index contributed by atoms with van der Waals surface area (Å²) < 4.78 is 12.8. The van der Waals surface area contributed by atoms with Crippen LogP contribution in [0.25, 0.3) is 5.65 Å². The summed E-state index contributed by atoms with van der Waals surface area (Å²) >= 11 is 7.25. The molecule has 0 amide bonds. The molecule has 0 radical (unpaired) electrons. The third kappa shape index (κ3) is 5.34. The van der Waals surface area contributed by atoms with E-state index >= 15 is 0 Å². The van der Waals surface area contributed by atoms with Gasteiger partial charge in [0.25, 0.3) is 0 Å². The zero-order chi connectivity index (χ0) is 17.5. The molecule has 1 atom stereocenters. The van der Waals surface area contributed by atoms with E-state index in [-0.39, 0.29) is 6.61 Å². The van der Waals surface area contributed by atoms with Crippen LogP contribution in [0.5, 0.6) is 5.75 Å². The molecule has 1 aromatic carbocycles. The molecular formula is C17H18ClN3O3S. The molecule has 0 aliphatic rings. The molecule has 6 nitrogen and oxygen atoms in total. The lowest BCUT2D eigenvalue weighted by molar-refractivity contribution is 0.0348. The molecule has 0 bridgehead atoms. The molecule has 132 valence electrons. The van der Waals surface area contributed by atoms with Crippen LogP contribution in [0.3, 0.4) is 0 Å². The lowest BCUT2D eigenvalue weighted by atomic mass is 10.3. The molecule has 1 N–H and O–H groups in total. The monoisotopic (exact) mass is 379 g/mol. The highest BCUT2D eigenvalue weighted by molar-refractivity contribution is 7.99. The second-order valence-electron chi connectivity index (χ2n) is 5.25. The molecule has 8 heteroatoms. The van der Waals surface area contributed by atoms with Gasteiger partial charge in [-0.25, -0.2) is 0 Å². The molecule has 0 saturated heterocycles. The average molecular weight is 380 g/mol. The molecule has 2 heterocycles. The normalized spacial score (nSPS) is 12.4. The second kappa shape index (κ2) is 9.05. The summed E-state index contributed by atoms with van der Waals surface area (Å²) in [6.07, 6.45) is 1.31. The van der Waals surface area contributed by atoms with Crippen LogP contribution in [0.2, 0.25) is 5.02 Å². The summed E-state index contributed by atoms with van der Waals surface area (Å²) in [7, 11) is 0. The van der Waals surface area contributed by atoms with E-state index in [0.29, 0.717) is 24.0 Å². The number of fused-ring (bicyclic) bond motifs is 1. The van der Waals surface area contributed by atoms with E-state index in [2.05, 4.69) is 10.2 Å². The number of aliphatic hydroxyl groups excluding tert-OH is 1. The predicted octanol–water partition coefficient (Wildman–Crippen LogP) is 2.93. The fourth-order valence-corrected chi connectivity index (χ4v) is 3.06. The molecule has 2 aromatic heterocycles. The maximum absolute atomic E-state index is 10.0. The van der Waals surface area contributed by atoms with Gasteiger partial charge < -0.3 is 14.6 Å². The minimum atomic E-state index is -0.586. The summed E-state index contributed by atoms with van der Waals surface area (Å²) in [6.45, 7) is 1.06. The Morgan fingerprint density at radius 3 is 2.80 bits per heavy atom. The van der Waals surface area contributed by atoms with Gasteiger partial charge in [-0.05, 0) is 36.4 Å². The zero-order valence-electron chi connectivity index (χ0n) is 13.4. The highest BCUT2D eigenvalue weighted by atomic mass is 35.5. The first-order valence-electron chi connectivity index (χ1n) is 7.79. The SMILES string of the molecule is O[C@@H](COCCOc1ccc(Cl)cc1)CSc1nnc2ccccn12. The molecule has 3 rings (SSSR count). The zero-order valence-corrected chi connectivity index (χ0v) is 15.0. The van der Waals surface area contributed by atoms with E-state index in [1.807, 2.05) is 28.8 Å². The Hall–Kier alpha value is -1.80. The lowest BCUT2D eigenvalue weighted by Gasteiger charge is -2.11. The molecule has 0 unspecified atom stereocenters. The molecule has 0 saturated carbocycles. The Bertz CT molecular complexity index is 797. The smallest absolute Gasteiger partial charge is 0.195 e. The minimum Gasteiger partial charge on any atom is -0.491 e. The number of benzene rings is 1. The summed E-state index contributed by atoms with van der Waals surface area (Å²) in [5.74, 6) is 1.22. The molecule has 3 aromatic rings. The van der Waals surface area contributed by atoms with Crippen molar-refractivity contribution in [2.24, 2.45) is 0 Å². The number of aliphatic hydroxyl groups is 1. The Morgan fingerprint density at radius 1 is 1.12 bits per heavy atom. The van der Waals surface area contributed by atoms with Crippen LogP contribution in [0, 0.1) is 0 Å². The first-order chi connectivity index (χ1) is 12.2. The summed E-state index contributed by atoms with van der Waals surface area (Å²) in [4.78, 5) is 0. The van der Waals surface area contributed by atoms with Crippen LogP contribution >= 0.6 is 23.4 Å². The van der Waals surface area contributed by atoms with Gasteiger partial charge in [-0.1, -0.05) is 29.4 Å².